The van der Waals surface area contributed by atoms with Crippen molar-refractivity contribution in [3.63, 3.8) is 0 Å². The van der Waals surface area contributed by atoms with Crippen molar-refractivity contribution < 1.29 is 8.78 Å². The highest BCUT2D eigenvalue weighted by Crippen LogP contribution is 2.30. The van der Waals surface area contributed by atoms with Gasteiger partial charge >= 0.3 is 0 Å². The molecular formula is C15H8Cl2F2N2. The summed E-state index contributed by atoms with van der Waals surface area (Å²) in [5.74, 6) is -0.973. The standard InChI is InChI=1S/C15H8Cl2F2N2/c1-7-11(18)6-5-9-13(7)20-15(21-14(9)17)8-3-2-4-10(16)12(8)19/h2-6H,1H3. The maximum Gasteiger partial charge on any atom is 0.164 e. The molecule has 3 aromatic rings. The summed E-state index contributed by atoms with van der Waals surface area (Å²) in [5, 5.41) is 0.613. The quantitative estimate of drug-likeness (QED) is 0.575. The Morgan fingerprint density at radius 2 is 1.76 bits per heavy atom. The van der Waals surface area contributed by atoms with E-state index < -0.39 is 11.6 Å². The first kappa shape index (κ1) is 14.2. The number of halogens is 4. The summed E-state index contributed by atoms with van der Waals surface area (Å²) in [6.45, 7) is 1.58. The number of aromatic nitrogens is 2. The summed E-state index contributed by atoms with van der Waals surface area (Å²) in [6.07, 6.45) is 0. The van der Waals surface area contributed by atoms with Gasteiger partial charge in [-0.25, -0.2) is 18.7 Å². The van der Waals surface area contributed by atoms with Gasteiger partial charge in [0, 0.05) is 10.9 Å². The van der Waals surface area contributed by atoms with Crippen molar-refractivity contribution in [2.24, 2.45) is 0 Å². The molecule has 6 heteroatoms. The molecule has 0 aliphatic rings. The lowest BCUT2D eigenvalue weighted by atomic mass is 10.1. The molecule has 1 heterocycles. The number of benzene rings is 2. The molecule has 0 fully saturated rings. The lowest BCUT2D eigenvalue weighted by molar-refractivity contribution is 0.620. The van der Waals surface area contributed by atoms with Gasteiger partial charge in [-0.05, 0) is 31.2 Å². The van der Waals surface area contributed by atoms with E-state index in [9.17, 15) is 8.78 Å². The molecule has 0 spiro atoms. The van der Waals surface area contributed by atoms with Crippen LogP contribution in [0.1, 0.15) is 5.56 Å². The lowest BCUT2D eigenvalue weighted by Crippen LogP contribution is -1.97. The molecule has 21 heavy (non-hydrogen) atoms. The Morgan fingerprint density at radius 3 is 2.52 bits per heavy atom. The summed E-state index contributed by atoms with van der Waals surface area (Å²) in [6, 6.07) is 7.30. The summed E-state index contributed by atoms with van der Waals surface area (Å²) < 4.78 is 27.7. The van der Waals surface area contributed by atoms with Gasteiger partial charge in [0.05, 0.1) is 16.1 Å². The van der Waals surface area contributed by atoms with Crippen molar-refractivity contribution in [1.82, 2.24) is 9.97 Å². The molecule has 0 saturated carbocycles. The van der Waals surface area contributed by atoms with Crippen LogP contribution in [0.3, 0.4) is 0 Å². The van der Waals surface area contributed by atoms with Gasteiger partial charge in [-0.3, -0.25) is 0 Å². The zero-order valence-electron chi connectivity index (χ0n) is 10.8. The molecule has 0 unspecified atom stereocenters. The molecule has 0 radical (unpaired) electrons. The molecular weight excluding hydrogens is 317 g/mol. The van der Waals surface area contributed by atoms with Crippen LogP contribution in [-0.4, -0.2) is 9.97 Å². The molecule has 0 bridgehead atoms. The fraction of sp³-hybridized carbons (Fsp3) is 0.0667. The van der Waals surface area contributed by atoms with E-state index in [2.05, 4.69) is 9.97 Å². The van der Waals surface area contributed by atoms with E-state index in [0.29, 0.717) is 16.5 Å². The SMILES string of the molecule is Cc1c(F)ccc2c(Cl)nc(-c3cccc(Cl)c3F)nc12. The van der Waals surface area contributed by atoms with Crippen LogP contribution in [-0.2, 0) is 0 Å². The van der Waals surface area contributed by atoms with Crippen LogP contribution in [0.4, 0.5) is 8.78 Å². The minimum absolute atomic E-state index is 0.0386. The van der Waals surface area contributed by atoms with Gasteiger partial charge < -0.3 is 0 Å². The predicted octanol–water partition coefficient (Wildman–Crippen LogP) is 5.19. The van der Waals surface area contributed by atoms with Crippen LogP contribution in [0.25, 0.3) is 22.3 Å². The molecule has 0 amide bonds. The van der Waals surface area contributed by atoms with E-state index in [1.807, 2.05) is 0 Å². The fourth-order valence-electron chi connectivity index (χ4n) is 2.07. The van der Waals surface area contributed by atoms with E-state index in [4.69, 9.17) is 23.2 Å². The number of rotatable bonds is 1. The van der Waals surface area contributed by atoms with E-state index in [1.165, 1.54) is 24.3 Å². The second-order valence-electron chi connectivity index (χ2n) is 4.51. The van der Waals surface area contributed by atoms with Gasteiger partial charge in [0.15, 0.2) is 11.6 Å². The van der Waals surface area contributed by atoms with Crippen molar-refractivity contribution in [2.45, 2.75) is 6.92 Å². The monoisotopic (exact) mass is 324 g/mol. The highest BCUT2D eigenvalue weighted by molar-refractivity contribution is 6.34. The molecule has 0 saturated heterocycles. The smallest absolute Gasteiger partial charge is 0.164 e. The van der Waals surface area contributed by atoms with Crippen LogP contribution in [0, 0.1) is 18.6 Å². The Bertz CT molecular complexity index is 866. The molecule has 0 N–H and O–H groups in total. The number of fused-ring (bicyclic) bond motifs is 1. The summed E-state index contributed by atoms with van der Waals surface area (Å²) in [5.41, 5.74) is 0.805. The van der Waals surface area contributed by atoms with Gasteiger partial charge in [0.2, 0.25) is 0 Å². The van der Waals surface area contributed by atoms with Gasteiger partial charge in [-0.1, -0.05) is 29.3 Å². The van der Waals surface area contributed by atoms with Crippen molar-refractivity contribution in [3.05, 3.63) is 57.7 Å². The average Bonchev–Trinajstić information content (AvgIpc) is 2.46. The molecule has 0 atom stereocenters. The van der Waals surface area contributed by atoms with Gasteiger partial charge in [-0.15, -0.1) is 0 Å². The van der Waals surface area contributed by atoms with E-state index in [-0.39, 0.29) is 21.6 Å². The Morgan fingerprint density at radius 1 is 1.00 bits per heavy atom. The minimum atomic E-state index is -0.636. The fourth-order valence-corrected chi connectivity index (χ4v) is 2.47. The topological polar surface area (TPSA) is 25.8 Å². The third kappa shape index (κ3) is 2.34. The maximum absolute atomic E-state index is 14.1. The van der Waals surface area contributed by atoms with Crippen LogP contribution < -0.4 is 0 Å². The average molecular weight is 325 g/mol. The summed E-state index contributed by atoms with van der Waals surface area (Å²) in [7, 11) is 0. The summed E-state index contributed by atoms with van der Waals surface area (Å²) in [4.78, 5) is 8.31. The largest absolute Gasteiger partial charge is 0.227 e. The number of nitrogens with zero attached hydrogens (tertiary/aromatic N) is 2. The molecule has 1 aromatic heterocycles. The number of hydrogen-bond donors (Lipinski definition) is 0. The molecule has 0 aliphatic heterocycles. The first-order valence-corrected chi connectivity index (χ1v) is 6.81. The zero-order chi connectivity index (χ0) is 15.1. The highest BCUT2D eigenvalue weighted by Gasteiger charge is 2.15. The highest BCUT2D eigenvalue weighted by atomic mass is 35.5. The van der Waals surface area contributed by atoms with E-state index in [1.54, 1.807) is 13.0 Å². The van der Waals surface area contributed by atoms with Crippen LogP contribution in [0.5, 0.6) is 0 Å². The molecule has 0 aliphatic carbocycles. The Kier molecular flexibility index (Phi) is 3.51. The second kappa shape index (κ2) is 5.20. The molecule has 2 nitrogen and oxygen atoms in total. The minimum Gasteiger partial charge on any atom is -0.227 e. The van der Waals surface area contributed by atoms with Gasteiger partial charge in [0.25, 0.3) is 0 Å². The Hall–Kier alpha value is -1.78. The van der Waals surface area contributed by atoms with E-state index in [0.717, 1.165) is 0 Å². The first-order chi connectivity index (χ1) is 9.99. The lowest BCUT2D eigenvalue weighted by Gasteiger charge is -2.08. The first-order valence-electron chi connectivity index (χ1n) is 6.06. The maximum atomic E-state index is 14.1. The normalized spacial score (nSPS) is 11.1. The predicted molar refractivity (Wildman–Crippen MR) is 79.6 cm³/mol. The van der Waals surface area contributed by atoms with Gasteiger partial charge in [0.1, 0.15) is 11.0 Å². The van der Waals surface area contributed by atoms with Crippen LogP contribution in [0.2, 0.25) is 10.2 Å². The third-order valence-corrected chi connectivity index (χ3v) is 3.78. The van der Waals surface area contributed by atoms with E-state index >= 15 is 0 Å². The Balaban J connectivity index is 2.35. The van der Waals surface area contributed by atoms with Crippen LogP contribution in [0.15, 0.2) is 30.3 Å². The molecule has 106 valence electrons. The number of hydrogen-bond acceptors (Lipinski definition) is 2. The Labute approximate surface area is 129 Å². The van der Waals surface area contributed by atoms with Crippen molar-refractivity contribution in [3.8, 4) is 11.4 Å². The molecule has 3 rings (SSSR count). The van der Waals surface area contributed by atoms with Crippen molar-refractivity contribution in [2.75, 3.05) is 0 Å². The van der Waals surface area contributed by atoms with Crippen molar-refractivity contribution in [1.29, 1.82) is 0 Å². The van der Waals surface area contributed by atoms with Crippen molar-refractivity contribution >= 4 is 34.1 Å². The van der Waals surface area contributed by atoms with Gasteiger partial charge in [-0.2, -0.15) is 0 Å². The van der Waals surface area contributed by atoms with Crippen LogP contribution >= 0.6 is 23.2 Å². The third-order valence-electron chi connectivity index (χ3n) is 3.20. The molecule has 2 aromatic carbocycles. The number of aryl methyl sites for hydroxylation is 1. The zero-order valence-corrected chi connectivity index (χ0v) is 12.3. The summed E-state index contributed by atoms with van der Waals surface area (Å²) >= 11 is 11.9. The second-order valence-corrected chi connectivity index (χ2v) is 5.27.